The van der Waals surface area contributed by atoms with Gasteiger partial charge in [-0.15, -0.1) is 0 Å². The zero-order valence-electron chi connectivity index (χ0n) is 32.0. The molecule has 18 heteroatoms. The minimum atomic E-state index is -1.43. The van der Waals surface area contributed by atoms with Gasteiger partial charge >= 0.3 is 6.03 Å². The number of ether oxygens (including phenoxy) is 1. The molecule has 2 atom stereocenters. The number of halogens is 2. The number of hydrogen-bond acceptors (Lipinski definition) is 12. The van der Waals surface area contributed by atoms with E-state index >= 15 is 8.78 Å². The highest BCUT2D eigenvalue weighted by molar-refractivity contribution is 8.00. The first-order valence-electron chi connectivity index (χ1n) is 17.9. The van der Waals surface area contributed by atoms with Gasteiger partial charge in [0.15, 0.2) is 6.29 Å². The van der Waals surface area contributed by atoms with E-state index in [-0.39, 0.29) is 35.1 Å². The summed E-state index contributed by atoms with van der Waals surface area (Å²) in [5.74, 6) is -2.96. The molecule has 2 aromatic carbocycles. The maximum atomic E-state index is 15.3. The van der Waals surface area contributed by atoms with Gasteiger partial charge in [0, 0.05) is 87.0 Å². The molecule has 0 radical (unpaired) electrons. The van der Waals surface area contributed by atoms with Gasteiger partial charge in [-0.05, 0) is 66.2 Å². The van der Waals surface area contributed by atoms with Crippen LogP contribution >= 0.6 is 11.9 Å². The smallest absolute Gasteiger partial charge is 0.329 e. The second-order valence-electron chi connectivity index (χ2n) is 12.9. The van der Waals surface area contributed by atoms with Crippen molar-refractivity contribution in [2.45, 2.75) is 43.0 Å². The number of aldehydes is 1. The molecule has 0 spiro atoms. The Morgan fingerprint density at radius 2 is 1.67 bits per heavy atom. The highest BCUT2D eigenvalue weighted by Crippen LogP contribution is 2.29. The summed E-state index contributed by atoms with van der Waals surface area (Å²) in [7, 11) is 4.60. The lowest BCUT2D eigenvalue weighted by atomic mass is 10.0. The van der Waals surface area contributed by atoms with E-state index in [1.54, 1.807) is 31.6 Å². The Labute approximate surface area is 337 Å². The standard InChI is InChI=1S/C40H41F2N9O6S/c1-5-25(13-15-57-4)37-45-20-28(21-46-37)26-7-9-29(10-8-26)58-49-33-18-31(41)30(17-32(33)42)38(53)47-34(39(54)48-56)16-24-6-11-36(44-19-24)51(3)40(55)50(2)35-22-43-14-12-27(35)23-52/h6-12,14,17-23,25,34,49,56H,5,13,15-16H2,1-4H3,(H,47,53)(H,48,54). The molecule has 3 heterocycles. The van der Waals surface area contributed by atoms with E-state index in [2.05, 4.69) is 36.9 Å². The maximum Gasteiger partial charge on any atom is 0.329 e. The summed E-state index contributed by atoms with van der Waals surface area (Å²) >= 11 is 1.03. The Hall–Kier alpha value is -6.37. The van der Waals surface area contributed by atoms with Crippen LogP contribution in [0.3, 0.4) is 0 Å². The third-order valence-electron chi connectivity index (χ3n) is 9.19. The first-order chi connectivity index (χ1) is 28.0. The lowest BCUT2D eigenvalue weighted by molar-refractivity contribution is -0.131. The van der Waals surface area contributed by atoms with E-state index < -0.39 is 41.1 Å². The molecule has 0 saturated carbocycles. The van der Waals surface area contributed by atoms with Crippen LogP contribution in [0.1, 0.15) is 57.8 Å². The molecule has 0 aliphatic rings. The molecule has 0 saturated heterocycles. The van der Waals surface area contributed by atoms with Crippen molar-refractivity contribution in [1.82, 2.24) is 30.7 Å². The minimum Gasteiger partial charge on any atom is -0.385 e. The van der Waals surface area contributed by atoms with Gasteiger partial charge in [0.05, 0.1) is 23.1 Å². The van der Waals surface area contributed by atoms with Crippen molar-refractivity contribution in [3.05, 3.63) is 120 Å². The summed E-state index contributed by atoms with van der Waals surface area (Å²) in [5, 5.41) is 11.7. The van der Waals surface area contributed by atoms with Crippen LogP contribution in [0.4, 0.5) is 30.8 Å². The Morgan fingerprint density at radius 1 is 0.931 bits per heavy atom. The molecule has 0 aliphatic carbocycles. The average molecular weight is 814 g/mol. The highest BCUT2D eigenvalue weighted by atomic mass is 32.2. The predicted molar refractivity (Wildman–Crippen MR) is 214 cm³/mol. The normalized spacial score (nSPS) is 11.9. The van der Waals surface area contributed by atoms with Gasteiger partial charge in [0.1, 0.15) is 29.3 Å². The number of aromatic nitrogens is 4. The second-order valence-corrected chi connectivity index (χ2v) is 13.8. The van der Waals surface area contributed by atoms with Crippen LogP contribution in [0.5, 0.6) is 0 Å². The largest absolute Gasteiger partial charge is 0.385 e. The number of carbonyl (C=O) groups is 4. The average Bonchev–Trinajstić information content (AvgIpc) is 3.26. The van der Waals surface area contributed by atoms with Crippen molar-refractivity contribution in [2.75, 3.05) is 42.3 Å². The summed E-state index contributed by atoms with van der Waals surface area (Å²) in [6, 6.07) is 11.4. The topological polar surface area (TPSA) is 192 Å². The number of nitrogens with one attached hydrogen (secondary N) is 3. The minimum absolute atomic E-state index is 0.202. The zero-order chi connectivity index (χ0) is 41.8. The van der Waals surface area contributed by atoms with Gasteiger partial charge in [-0.3, -0.25) is 34.4 Å². The molecule has 0 fully saturated rings. The van der Waals surface area contributed by atoms with Gasteiger partial charge in [-0.2, -0.15) is 0 Å². The molecule has 5 rings (SSSR count). The number of nitrogens with zero attached hydrogens (tertiary/aromatic N) is 6. The number of pyridine rings is 2. The maximum absolute atomic E-state index is 15.3. The van der Waals surface area contributed by atoms with E-state index in [1.807, 2.05) is 12.1 Å². The summed E-state index contributed by atoms with van der Waals surface area (Å²) in [4.78, 5) is 70.7. The molecule has 5 aromatic rings. The molecule has 3 aromatic heterocycles. The molecular weight excluding hydrogens is 773 g/mol. The lowest BCUT2D eigenvalue weighted by Gasteiger charge is -2.25. The molecule has 58 heavy (non-hydrogen) atoms. The van der Waals surface area contributed by atoms with Crippen LogP contribution in [0, 0.1) is 11.6 Å². The number of urea groups is 1. The van der Waals surface area contributed by atoms with E-state index in [9.17, 15) is 24.4 Å². The number of benzene rings is 2. The van der Waals surface area contributed by atoms with Gasteiger partial charge in [-0.25, -0.2) is 34.0 Å². The van der Waals surface area contributed by atoms with Crippen LogP contribution in [0.15, 0.2) is 90.5 Å². The Balaban J connectivity index is 1.19. The molecule has 0 aliphatic heterocycles. The van der Waals surface area contributed by atoms with Crippen LogP contribution in [0.2, 0.25) is 0 Å². The number of hydrogen-bond donors (Lipinski definition) is 4. The number of carbonyl (C=O) groups excluding carboxylic acids is 4. The van der Waals surface area contributed by atoms with Crippen molar-refractivity contribution >= 4 is 53.3 Å². The fourth-order valence-electron chi connectivity index (χ4n) is 5.80. The molecule has 2 unspecified atom stereocenters. The summed E-state index contributed by atoms with van der Waals surface area (Å²) in [5.41, 5.74) is 3.21. The van der Waals surface area contributed by atoms with E-state index in [0.717, 1.165) is 47.8 Å². The Morgan fingerprint density at radius 3 is 2.31 bits per heavy atom. The van der Waals surface area contributed by atoms with Crippen molar-refractivity contribution in [3.63, 3.8) is 0 Å². The van der Waals surface area contributed by atoms with Crippen LogP contribution in [-0.4, -0.2) is 83.1 Å². The number of anilines is 3. The number of hydroxylamine groups is 1. The molecule has 4 amide bonds. The van der Waals surface area contributed by atoms with Gasteiger partial charge < -0.3 is 14.8 Å². The van der Waals surface area contributed by atoms with Crippen LogP contribution < -0.4 is 25.3 Å². The fraction of sp³-hybridized carbons (Fsp3) is 0.250. The quantitative estimate of drug-likeness (QED) is 0.0360. The third kappa shape index (κ3) is 10.5. The fourth-order valence-corrected chi connectivity index (χ4v) is 6.46. The number of amides is 4. The van der Waals surface area contributed by atoms with Crippen LogP contribution in [-0.2, 0) is 16.0 Å². The van der Waals surface area contributed by atoms with Gasteiger partial charge in [0.25, 0.3) is 11.8 Å². The summed E-state index contributed by atoms with van der Waals surface area (Å²) < 4.78 is 38.4. The zero-order valence-corrected chi connectivity index (χ0v) is 32.8. The van der Waals surface area contributed by atoms with Crippen molar-refractivity contribution < 1.29 is 37.9 Å². The summed E-state index contributed by atoms with van der Waals surface area (Å²) in [6.45, 7) is 2.71. The molecular formula is C40H41F2N9O6S. The lowest BCUT2D eigenvalue weighted by Crippen LogP contribution is -2.47. The van der Waals surface area contributed by atoms with Gasteiger partial charge in [0.2, 0.25) is 0 Å². The Kier molecular flexibility index (Phi) is 14.9. The summed E-state index contributed by atoms with van der Waals surface area (Å²) in [6.07, 6.45) is 9.80. The predicted octanol–water partition coefficient (Wildman–Crippen LogP) is 6.21. The van der Waals surface area contributed by atoms with Crippen molar-refractivity contribution in [1.29, 1.82) is 0 Å². The Bertz CT molecular complexity index is 2220. The first-order valence-corrected chi connectivity index (χ1v) is 18.7. The van der Waals surface area contributed by atoms with Crippen LogP contribution in [0.25, 0.3) is 11.1 Å². The highest BCUT2D eigenvalue weighted by Gasteiger charge is 2.26. The molecule has 4 N–H and O–H groups in total. The number of rotatable bonds is 17. The first kappa shape index (κ1) is 42.8. The molecule has 15 nitrogen and oxygen atoms in total. The van der Waals surface area contributed by atoms with E-state index in [4.69, 9.17) is 4.74 Å². The third-order valence-corrected chi connectivity index (χ3v) is 10.0. The number of methoxy groups -OCH3 is 1. The molecule has 302 valence electrons. The monoisotopic (exact) mass is 813 g/mol. The van der Waals surface area contributed by atoms with Crippen molar-refractivity contribution in [3.8, 4) is 11.1 Å². The van der Waals surface area contributed by atoms with E-state index in [0.29, 0.717) is 29.4 Å². The SMILES string of the molecule is CCC(CCOC)c1ncc(-c2ccc(SNc3cc(F)c(C(=O)NC(Cc4ccc(N(C)C(=O)N(C)c5cnccc5C=O)nc4)C(=O)NO)cc3F)cc2)cn1. The second kappa shape index (κ2) is 20.2. The van der Waals surface area contributed by atoms with Gasteiger partial charge in [-0.1, -0.05) is 25.1 Å². The van der Waals surface area contributed by atoms with E-state index in [1.165, 1.54) is 66.2 Å². The molecule has 0 bridgehead atoms. The van der Waals surface area contributed by atoms with Crippen molar-refractivity contribution in [2.24, 2.45) is 0 Å².